The average Bonchev–Trinajstić information content (AvgIpc) is 2.18. The minimum absolute atomic E-state index is 0.00184. The van der Waals surface area contributed by atoms with Gasteiger partial charge in [-0.3, -0.25) is 0 Å². The molecule has 0 aromatic rings. The van der Waals surface area contributed by atoms with Crippen molar-refractivity contribution in [1.82, 2.24) is 10.6 Å². The number of carbonyl (C=O) groups is 1. The van der Waals surface area contributed by atoms with Crippen molar-refractivity contribution in [2.45, 2.75) is 44.8 Å². The minimum atomic E-state index is -4.35. The van der Waals surface area contributed by atoms with Crippen molar-refractivity contribution in [2.24, 2.45) is 5.92 Å². The Labute approximate surface area is 92.8 Å². The second-order valence-electron chi connectivity index (χ2n) is 4.31. The summed E-state index contributed by atoms with van der Waals surface area (Å²) in [4.78, 5) is 11.2. The van der Waals surface area contributed by atoms with Crippen LogP contribution in [0.25, 0.3) is 0 Å². The summed E-state index contributed by atoms with van der Waals surface area (Å²) >= 11 is 0. The molecule has 2 unspecified atom stereocenters. The van der Waals surface area contributed by atoms with Gasteiger partial charge in [0.1, 0.15) is 6.54 Å². The lowest BCUT2D eigenvalue weighted by Gasteiger charge is -2.29. The zero-order valence-electron chi connectivity index (χ0n) is 9.23. The first-order chi connectivity index (χ1) is 7.38. The van der Waals surface area contributed by atoms with E-state index in [-0.39, 0.29) is 6.04 Å². The molecule has 0 spiro atoms. The van der Waals surface area contributed by atoms with E-state index in [2.05, 4.69) is 5.32 Å². The summed E-state index contributed by atoms with van der Waals surface area (Å²) in [6.07, 6.45) is -0.335. The molecule has 2 N–H and O–H groups in total. The number of hydrogen-bond donors (Lipinski definition) is 2. The zero-order valence-corrected chi connectivity index (χ0v) is 9.23. The summed E-state index contributed by atoms with van der Waals surface area (Å²) in [6, 6.07) is -0.724. The second kappa shape index (κ2) is 5.41. The zero-order chi connectivity index (χ0) is 12.2. The SMILES string of the molecule is CC1CCCCC1NC(=O)NCC(F)(F)F. The lowest BCUT2D eigenvalue weighted by atomic mass is 9.86. The van der Waals surface area contributed by atoms with E-state index in [0.717, 1.165) is 25.7 Å². The Kier molecular flexibility index (Phi) is 4.44. The van der Waals surface area contributed by atoms with E-state index in [0.29, 0.717) is 5.92 Å². The number of halogens is 3. The lowest BCUT2D eigenvalue weighted by Crippen LogP contribution is -2.48. The van der Waals surface area contributed by atoms with Crippen LogP contribution >= 0.6 is 0 Å². The molecule has 6 heteroatoms. The van der Waals surface area contributed by atoms with Gasteiger partial charge in [-0.2, -0.15) is 13.2 Å². The number of rotatable bonds is 2. The Morgan fingerprint density at radius 3 is 2.50 bits per heavy atom. The van der Waals surface area contributed by atoms with E-state index in [1.807, 2.05) is 12.2 Å². The van der Waals surface area contributed by atoms with Crippen LogP contribution in [0.1, 0.15) is 32.6 Å². The van der Waals surface area contributed by atoms with E-state index >= 15 is 0 Å². The van der Waals surface area contributed by atoms with Gasteiger partial charge in [-0.25, -0.2) is 4.79 Å². The quantitative estimate of drug-likeness (QED) is 0.762. The molecule has 0 aromatic carbocycles. The molecular weight excluding hydrogens is 221 g/mol. The number of amides is 2. The summed E-state index contributed by atoms with van der Waals surface area (Å²) in [5.41, 5.74) is 0. The summed E-state index contributed by atoms with van der Waals surface area (Å²) in [5, 5.41) is 4.41. The third-order valence-corrected chi connectivity index (χ3v) is 2.88. The first-order valence-corrected chi connectivity index (χ1v) is 5.49. The van der Waals surface area contributed by atoms with Crippen LogP contribution < -0.4 is 10.6 Å². The molecule has 2 atom stereocenters. The molecule has 0 radical (unpaired) electrons. The van der Waals surface area contributed by atoms with Crippen molar-refractivity contribution in [3.05, 3.63) is 0 Å². The summed E-state index contributed by atoms with van der Waals surface area (Å²) < 4.78 is 35.5. The third-order valence-electron chi connectivity index (χ3n) is 2.88. The van der Waals surface area contributed by atoms with E-state index in [9.17, 15) is 18.0 Å². The lowest BCUT2D eigenvalue weighted by molar-refractivity contribution is -0.122. The van der Waals surface area contributed by atoms with Gasteiger partial charge in [-0.1, -0.05) is 19.8 Å². The molecule has 1 aliphatic rings. The molecule has 94 valence electrons. The highest BCUT2D eigenvalue weighted by Crippen LogP contribution is 2.23. The molecule has 0 heterocycles. The summed E-state index contributed by atoms with van der Waals surface area (Å²) in [5.74, 6) is 0.338. The molecule has 0 aromatic heterocycles. The van der Waals surface area contributed by atoms with Crippen molar-refractivity contribution in [3.8, 4) is 0 Å². The van der Waals surface area contributed by atoms with Gasteiger partial charge in [-0.05, 0) is 18.8 Å². The van der Waals surface area contributed by atoms with Crippen LogP contribution in [0.2, 0.25) is 0 Å². The molecule has 1 aliphatic carbocycles. The Morgan fingerprint density at radius 1 is 1.31 bits per heavy atom. The third kappa shape index (κ3) is 4.72. The van der Waals surface area contributed by atoms with E-state index < -0.39 is 18.8 Å². The smallest absolute Gasteiger partial charge is 0.335 e. The number of urea groups is 1. The number of carbonyl (C=O) groups excluding carboxylic acids is 1. The Balaban J connectivity index is 2.28. The van der Waals surface area contributed by atoms with Crippen LogP contribution in [0.4, 0.5) is 18.0 Å². The fourth-order valence-corrected chi connectivity index (χ4v) is 1.93. The first kappa shape index (κ1) is 13.1. The largest absolute Gasteiger partial charge is 0.405 e. The monoisotopic (exact) mass is 238 g/mol. The molecule has 16 heavy (non-hydrogen) atoms. The van der Waals surface area contributed by atoms with Crippen LogP contribution in [0.15, 0.2) is 0 Å². The fraction of sp³-hybridized carbons (Fsp3) is 0.900. The first-order valence-electron chi connectivity index (χ1n) is 5.49. The van der Waals surface area contributed by atoms with Crippen molar-refractivity contribution in [1.29, 1.82) is 0 Å². The predicted molar refractivity (Wildman–Crippen MR) is 54.0 cm³/mol. The molecule has 0 aliphatic heterocycles. The van der Waals surface area contributed by atoms with Crippen molar-refractivity contribution in [2.75, 3.05) is 6.54 Å². The number of hydrogen-bond acceptors (Lipinski definition) is 1. The molecule has 0 saturated heterocycles. The fourth-order valence-electron chi connectivity index (χ4n) is 1.93. The van der Waals surface area contributed by atoms with Gasteiger partial charge in [0.2, 0.25) is 0 Å². The Hall–Kier alpha value is -0.940. The normalized spacial score (nSPS) is 26.2. The van der Waals surface area contributed by atoms with Gasteiger partial charge < -0.3 is 10.6 Å². The number of nitrogens with one attached hydrogen (secondary N) is 2. The summed E-state index contributed by atoms with van der Waals surface area (Å²) in [6.45, 7) is 0.730. The average molecular weight is 238 g/mol. The van der Waals surface area contributed by atoms with Crippen LogP contribution in [0.3, 0.4) is 0 Å². The summed E-state index contributed by atoms with van der Waals surface area (Å²) in [7, 11) is 0. The molecule has 1 fully saturated rings. The van der Waals surface area contributed by atoms with Gasteiger partial charge in [-0.15, -0.1) is 0 Å². The van der Waals surface area contributed by atoms with Gasteiger partial charge in [0, 0.05) is 6.04 Å². The minimum Gasteiger partial charge on any atom is -0.335 e. The maximum absolute atomic E-state index is 11.8. The van der Waals surface area contributed by atoms with E-state index in [1.54, 1.807) is 0 Å². The van der Waals surface area contributed by atoms with Crippen molar-refractivity contribution < 1.29 is 18.0 Å². The van der Waals surface area contributed by atoms with Crippen LogP contribution in [0.5, 0.6) is 0 Å². The van der Waals surface area contributed by atoms with Gasteiger partial charge in [0.15, 0.2) is 0 Å². The van der Waals surface area contributed by atoms with Gasteiger partial charge in [0.05, 0.1) is 0 Å². The topological polar surface area (TPSA) is 41.1 Å². The highest BCUT2D eigenvalue weighted by atomic mass is 19.4. The predicted octanol–water partition coefficient (Wildman–Crippen LogP) is 2.43. The van der Waals surface area contributed by atoms with Crippen LogP contribution in [-0.4, -0.2) is 24.8 Å². The molecule has 1 saturated carbocycles. The maximum Gasteiger partial charge on any atom is 0.405 e. The standard InChI is InChI=1S/C10H17F3N2O/c1-7-4-2-3-5-8(7)15-9(16)14-6-10(11,12)13/h7-8H,2-6H2,1H3,(H2,14,15,16). The molecule has 0 bridgehead atoms. The molecule has 1 rings (SSSR count). The van der Waals surface area contributed by atoms with Crippen molar-refractivity contribution >= 4 is 6.03 Å². The molecule has 2 amide bonds. The molecule has 3 nitrogen and oxygen atoms in total. The molecular formula is C10H17F3N2O. The van der Waals surface area contributed by atoms with Gasteiger partial charge in [0.25, 0.3) is 0 Å². The van der Waals surface area contributed by atoms with Crippen molar-refractivity contribution in [3.63, 3.8) is 0 Å². The van der Waals surface area contributed by atoms with Crippen LogP contribution in [-0.2, 0) is 0 Å². The Morgan fingerprint density at radius 2 is 1.94 bits per heavy atom. The van der Waals surface area contributed by atoms with Crippen LogP contribution in [0, 0.1) is 5.92 Å². The highest BCUT2D eigenvalue weighted by molar-refractivity contribution is 5.74. The van der Waals surface area contributed by atoms with E-state index in [4.69, 9.17) is 0 Å². The maximum atomic E-state index is 11.8. The van der Waals surface area contributed by atoms with Gasteiger partial charge >= 0.3 is 12.2 Å². The highest BCUT2D eigenvalue weighted by Gasteiger charge is 2.29. The Bertz CT molecular complexity index is 243. The van der Waals surface area contributed by atoms with E-state index in [1.165, 1.54) is 0 Å². The number of alkyl halides is 3. The second-order valence-corrected chi connectivity index (χ2v) is 4.31.